The van der Waals surface area contributed by atoms with Crippen LogP contribution in [-0.2, 0) is 14.3 Å². The molecule has 24 heavy (non-hydrogen) atoms. The van der Waals surface area contributed by atoms with Crippen LogP contribution in [0.3, 0.4) is 0 Å². The quantitative estimate of drug-likeness (QED) is 0.494. The molecule has 0 radical (unpaired) electrons. The van der Waals surface area contributed by atoms with Crippen molar-refractivity contribution >= 4 is 37.0 Å². The third-order valence-corrected chi connectivity index (χ3v) is 4.85. The van der Waals surface area contributed by atoms with Gasteiger partial charge in [-0.25, -0.2) is 0 Å². The number of anilines is 1. The summed E-state index contributed by atoms with van der Waals surface area (Å²) >= 11 is 0.0565. The predicted molar refractivity (Wildman–Crippen MR) is 89.9 cm³/mol. The van der Waals surface area contributed by atoms with E-state index >= 15 is 0 Å². The summed E-state index contributed by atoms with van der Waals surface area (Å²) in [6.07, 6.45) is 2.01. The monoisotopic (exact) mass is 399 g/mol. The van der Waals surface area contributed by atoms with E-state index in [-0.39, 0.29) is 33.8 Å². The van der Waals surface area contributed by atoms with Gasteiger partial charge in [-0.15, -0.1) is 0 Å². The van der Waals surface area contributed by atoms with Crippen molar-refractivity contribution in [1.29, 1.82) is 5.26 Å². The average Bonchev–Trinajstić information content (AvgIpc) is 2.54. The molecule has 8 heteroatoms. The maximum atomic E-state index is 12.2. The molecule has 0 saturated carbocycles. The second-order valence-electron chi connectivity index (χ2n) is 5.27. The number of nitrogens with one attached hydrogen (secondary N) is 1. The number of amides is 1. The molecule has 1 rings (SSSR count). The molecular formula is C16H21N3O4Se. The van der Waals surface area contributed by atoms with Crippen molar-refractivity contribution in [2.75, 3.05) is 11.9 Å². The number of aromatic nitrogens is 1. The van der Waals surface area contributed by atoms with Crippen molar-refractivity contribution in [3.8, 4) is 6.07 Å². The molecule has 0 aromatic carbocycles. The second kappa shape index (κ2) is 9.38. The Bertz CT molecular complexity index is 641. The summed E-state index contributed by atoms with van der Waals surface area (Å²) in [7, 11) is 0. The summed E-state index contributed by atoms with van der Waals surface area (Å²) in [5.41, 5.74) is -0.835. The van der Waals surface area contributed by atoms with Crippen molar-refractivity contribution < 1.29 is 19.4 Å². The van der Waals surface area contributed by atoms with Gasteiger partial charge >= 0.3 is 140 Å². The third-order valence-electron chi connectivity index (χ3n) is 3.28. The van der Waals surface area contributed by atoms with Crippen LogP contribution in [0.2, 0.25) is 5.82 Å². The van der Waals surface area contributed by atoms with Crippen LogP contribution in [0, 0.1) is 11.3 Å². The Balaban J connectivity index is 2.65. The number of nitriles is 1. The molecule has 1 amide bonds. The van der Waals surface area contributed by atoms with Crippen molar-refractivity contribution in [3.05, 3.63) is 18.0 Å². The molecule has 0 aliphatic carbocycles. The van der Waals surface area contributed by atoms with Crippen LogP contribution in [0.5, 0.6) is 0 Å². The van der Waals surface area contributed by atoms with Crippen molar-refractivity contribution in [2.45, 2.75) is 44.5 Å². The Morgan fingerprint density at radius 2 is 2.25 bits per heavy atom. The van der Waals surface area contributed by atoms with E-state index in [1.807, 2.05) is 11.9 Å². The molecule has 0 bridgehead atoms. The van der Waals surface area contributed by atoms with Crippen molar-refractivity contribution in [3.63, 3.8) is 0 Å². The van der Waals surface area contributed by atoms with Crippen LogP contribution in [0.1, 0.15) is 38.8 Å². The van der Waals surface area contributed by atoms with Crippen molar-refractivity contribution in [1.82, 2.24) is 4.98 Å². The molecule has 1 atom stereocenters. The number of hydrogen-bond acceptors (Lipinski definition) is 6. The van der Waals surface area contributed by atoms with Crippen LogP contribution in [0.25, 0.3) is 0 Å². The molecule has 0 aliphatic heterocycles. The zero-order chi connectivity index (χ0) is 18.2. The van der Waals surface area contributed by atoms with Gasteiger partial charge in [-0.3, -0.25) is 0 Å². The van der Waals surface area contributed by atoms with E-state index in [2.05, 4.69) is 10.3 Å². The van der Waals surface area contributed by atoms with E-state index in [0.29, 0.717) is 24.4 Å². The number of nitrogens with zero attached hydrogens (tertiary/aromatic N) is 2. The topological polar surface area (TPSA) is 112 Å². The number of ether oxygens (including phenoxy) is 1. The number of rotatable bonds is 8. The van der Waals surface area contributed by atoms with Gasteiger partial charge in [0, 0.05) is 0 Å². The van der Waals surface area contributed by atoms with E-state index in [0.717, 1.165) is 4.46 Å². The first-order chi connectivity index (χ1) is 11.3. The number of hydrogen-bond donors (Lipinski definition) is 2. The normalized spacial score (nSPS) is 12.8. The Morgan fingerprint density at radius 1 is 1.54 bits per heavy atom. The van der Waals surface area contributed by atoms with E-state index in [9.17, 15) is 14.7 Å². The minimum absolute atomic E-state index is 0.0565. The van der Waals surface area contributed by atoms with Gasteiger partial charge < -0.3 is 0 Å². The molecule has 1 heterocycles. The summed E-state index contributed by atoms with van der Waals surface area (Å²) in [6.45, 7) is 3.43. The fourth-order valence-corrected chi connectivity index (χ4v) is 3.07. The van der Waals surface area contributed by atoms with Gasteiger partial charge in [0.1, 0.15) is 0 Å². The zero-order valence-corrected chi connectivity index (χ0v) is 15.7. The van der Waals surface area contributed by atoms with Gasteiger partial charge in [-0.1, -0.05) is 0 Å². The van der Waals surface area contributed by atoms with E-state index in [1.54, 1.807) is 13.0 Å². The summed E-state index contributed by atoms with van der Waals surface area (Å²) < 4.78 is 5.59. The molecule has 1 unspecified atom stereocenters. The molecule has 1 aromatic heterocycles. The molecule has 1 aromatic rings. The van der Waals surface area contributed by atoms with E-state index in [4.69, 9.17) is 10.00 Å². The first kappa shape index (κ1) is 20.1. The molecule has 0 aliphatic rings. The molecule has 0 saturated heterocycles. The fraction of sp³-hybridized carbons (Fsp3) is 0.500. The number of carbonyl (C=O) groups excluding carboxylic acids is 2. The third kappa shape index (κ3) is 5.93. The van der Waals surface area contributed by atoms with Gasteiger partial charge in [0.25, 0.3) is 0 Å². The Kier molecular flexibility index (Phi) is 7.86. The van der Waals surface area contributed by atoms with Crippen LogP contribution < -0.4 is 9.78 Å². The fourth-order valence-electron chi connectivity index (χ4n) is 1.94. The average molecular weight is 398 g/mol. The number of pyridine rings is 1. The standard InChI is InChI=1S/C16H21N3O4Se/c1-4-23-14(20)6-5-7-16(2,22)15(21)19-11-8-13(24-3)12(9-17)18-10-11/h8,10,22H,4-7H2,1-3H3,(H,19,21). The van der Waals surface area contributed by atoms with Crippen LogP contribution in [0.4, 0.5) is 5.69 Å². The summed E-state index contributed by atoms with van der Waals surface area (Å²) in [5, 5.41) is 21.8. The van der Waals surface area contributed by atoms with Crippen molar-refractivity contribution in [2.24, 2.45) is 0 Å². The van der Waals surface area contributed by atoms with Gasteiger partial charge in [-0.05, 0) is 6.92 Å². The number of esters is 1. The Labute approximate surface area is 147 Å². The molecule has 130 valence electrons. The van der Waals surface area contributed by atoms with Gasteiger partial charge in [-0.2, -0.15) is 0 Å². The Hall–Kier alpha value is -1.94. The molecule has 0 spiro atoms. The number of carbonyl (C=O) groups is 2. The first-order valence-corrected chi connectivity index (χ1v) is 10.0. The van der Waals surface area contributed by atoms with Crippen LogP contribution >= 0.6 is 0 Å². The summed E-state index contributed by atoms with van der Waals surface area (Å²) in [5.74, 6) is 1.02. The predicted octanol–water partition coefficient (Wildman–Crippen LogP) is 0.754. The van der Waals surface area contributed by atoms with Gasteiger partial charge in [0.2, 0.25) is 0 Å². The Morgan fingerprint density at radius 3 is 2.83 bits per heavy atom. The van der Waals surface area contributed by atoms with Crippen LogP contribution in [-0.4, -0.2) is 49.1 Å². The molecule has 7 nitrogen and oxygen atoms in total. The minimum atomic E-state index is -1.61. The summed E-state index contributed by atoms with van der Waals surface area (Å²) in [6, 6.07) is 3.70. The summed E-state index contributed by atoms with van der Waals surface area (Å²) in [4.78, 5) is 27.5. The van der Waals surface area contributed by atoms with E-state index < -0.39 is 11.5 Å². The molecule has 0 fully saturated rings. The van der Waals surface area contributed by atoms with Gasteiger partial charge in [0.15, 0.2) is 0 Å². The van der Waals surface area contributed by atoms with E-state index in [1.165, 1.54) is 13.1 Å². The SMILES string of the molecule is CCOC(=O)CCCC(C)(O)C(=O)Nc1cnc(C#N)c([Se]C)c1. The number of aliphatic hydroxyl groups is 1. The van der Waals surface area contributed by atoms with Crippen LogP contribution in [0.15, 0.2) is 12.3 Å². The first-order valence-electron chi connectivity index (χ1n) is 7.47. The van der Waals surface area contributed by atoms with Gasteiger partial charge in [0.05, 0.1) is 0 Å². The zero-order valence-electron chi connectivity index (χ0n) is 14.0. The molecule has 2 N–H and O–H groups in total. The molecular weight excluding hydrogens is 377 g/mol. The second-order valence-corrected chi connectivity index (χ2v) is 7.05. The maximum absolute atomic E-state index is 12.2.